The highest BCUT2D eigenvalue weighted by Crippen LogP contribution is 2.43. The van der Waals surface area contributed by atoms with Crippen molar-refractivity contribution in [2.45, 2.75) is 122 Å². The number of hydroxylamine groups is 2. The molecule has 19 nitrogen and oxygen atoms in total. The Morgan fingerprint density at radius 3 is 2.07 bits per heavy atom. The SMILES string of the molecule is COc1cc2c(cc1OCCc1cc(COc3cc4c(cc3OC)C(=O)N3c5ccccc5C[C@H]3CN4)cc(N(CCCC(=O)ON3C(=O)CCC3=O)C(=O)CCC(C)(C)OCCC(C)(C)OC)c1)N=C[C@@H]1Cc3ccccc3N1C2=O. The summed E-state index contributed by atoms with van der Waals surface area (Å²) >= 11 is 0. The average molecular weight is 1120 g/mol. The van der Waals surface area contributed by atoms with Crippen LogP contribution in [0, 0.1) is 0 Å². The Hall–Kier alpha value is -8.29. The minimum Gasteiger partial charge on any atom is -0.493 e. The Bertz CT molecular complexity index is 3320. The van der Waals surface area contributed by atoms with Crippen LogP contribution >= 0.6 is 0 Å². The fourth-order valence-corrected chi connectivity index (χ4v) is 11.0. The number of nitrogens with one attached hydrogen (secondary N) is 1. The van der Waals surface area contributed by atoms with Crippen LogP contribution in [0.5, 0.6) is 23.0 Å². The number of methoxy groups -OCH3 is 3. The van der Waals surface area contributed by atoms with E-state index in [2.05, 4.69) is 11.4 Å². The molecule has 82 heavy (non-hydrogen) atoms. The van der Waals surface area contributed by atoms with Gasteiger partial charge in [0.15, 0.2) is 23.0 Å². The Balaban J connectivity index is 0.931. The number of imide groups is 1. The second-order valence-corrected chi connectivity index (χ2v) is 22.4. The third-order valence-electron chi connectivity index (χ3n) is 15.8. The van der Waals surface area contributed by atoms with Crippen LogP contribution in [0.25, 0.3) is 0 Å². The molecule has 430 valence electrons. The minimum atomic E-state index is -0.783. The first-order valence-electron chi connectivity index (χ1n) is 27.9. The number of para-hydroxylation sites is 2. The lowest BCUT2D eigenvalue weighted by Crippen LogP contribution is -2.39. The van der Waals surface area contributed by atoms with Crippen molar-refractivity contribution in [3.05, 3.63) is 124 Å². The van der Waals surface area contributed by atoms with Gasteiger partial charge < -0.3 is 48.4 Å². The first-order valence-corrected chi connectivity index (χ1v) is 27.9. The summed E-state index contributed by atoms with van der Waals surface area (Å²) in [6, 6.07) is 28.1. The molecule has 0 unspecified atom stereocenters. The largest absolute Gasteiger partial charge is 0.493 e. The van der Waals surface area contributed by atoms with Gasteiger partial charge in [0, 0.05) is 94.1 Å². The summed E-state index contributed by atoms with van der Waals surface area (Å²) in [5.74, 6) is -1.04. The van der Waals surface area contributed by atoms with Gasteiger partial charge >= 0.3 is 5.97 Å². The maximum absolute atomic E-state index is 14.8. The molecule has 1 saturated heterocycles. The number of amides is 5. The van der Waals surface area contributed by atoms with Gasteiger partial charge in [-0.2, -0.15) is 0 Å². The number of benzene rings is 5. The fraction of sp³-hybridized carbons (Fsp3) is 0.413. The molecular formula is C63H70N6O13. The monoisotopic (exact) mass is 1120 g/mol. The third kappa shape index (κ3) is 12.3. The number of hydrogen-bond donors (Lipinski definition) is 1. The zero-order valence-corrected chi connectivity index (χ0v) is 47.5. The molecule has 1 N–H and O–H groups in total. The maximum atomic E-state index is 14.8. The zero-order valence-electron chi connectivity index (χ0n) is 47.5. The number of nitrogens with zero attached hydrogens (tertiary/aromatic N) is 5. The first kappa shape index (κ1) is 57.0. The number of aliphatic imine (C=N–C) groups is 1. The summed E-state index contributed by atoms with van der Waals surface area (Å²) in [5, 5.41) is 4.01. The molecule has 0 aliphatic carbocycles. The molecule has 5 heterocycles. The summed E-state index contributed by atoms with van der Waals surface area (Å²) in [6.07, 6.45) is 4.44. The van der Waals surface area contributed by atoms with E-state index in [-0.39, 0.29) is 81.7 Å². The molecule has 0 aromatic heterocycles. The summed E-state index contributed by atoms with van der Waals surface area (Å²) in [4.78, 5) is 96.1. The van der Waals surface area contributed by atoms with Gasteiger partial charge in [-0.25, -0.2) is 4.79 Å². The van der Waals surface area contributed by atoms with Gasteiger partial charge in [-0.05, 0) is 112 Å². The summed E-state index contributed by atoms with van der Waals surface area (Å²) in [6.45, 7) is 8.99. The topological polar surface area (TPSA) is 204 Å². The molecular weight excluding hydrogens is 1050 g/mol. The number of carbonyl (C=O) groups is 6. The van der Waals surface area contributed by atoms with E-state index in [1.165, 1.54) is 14.2 Å². The van der Waals surface area contributed by atoms with Gasteiger partial charge in [-0.15, -0.1) is 5.06 Å². The number of rotatable bonds is 23. The molecule has 5 amide bonds. The van der Waals surface area contributed by atoms with E-state index in [9.17, 15) is 28.8 Å². The molecule has 2 atom stereocenters. The molecule has 5 aliphatic rings. The predicted octanol–water partition coefficient (Wildman–Crippen LogP) is 9.30. The lowest BCUT2D eigenvalue weighted by Gasteiger charge is -2.30. The van der Waals surface area contributed by atoms with E-state index < -0.39 is 29.0 Å². The van der Waals surface area contributed by atoms with Gasteiger partial charge in [-0.1, -0.05) is 42.5 Å². The van der Waals surface area contributed by atoms with Gasteiger partial charge in [-0.3, -0.25) is 33.9 Å². The van der Waals surface area contributed by atoms with E-state index in [1.807, 2.05) is 93.3 Å². The highest BCUT2D eigenvalue weighted by atomic mass is 16.7. The zero-order chi connectivity index (χ0) is 57.9. The highest BCUT2D eigenvalue weighted by Gasteiger charge is 2.39. The fourth-order valence-electron chi connectivity index (χ4n) is 11.0. The number of hydrogen-bond acceptors (Lipinski definition) is 15. The van der Waals surface area contributed by atoms with Crippen molar-refractivity contribution < 1.29 is 62.0 Å². The van der Waals surface area contributed by atoms with Crippen molar-refractivity contribution in [3.8, 4) is 23.0 Å². The Labute approximate surface area is 477 Å². The lowest BCUT2D eigenvalue weighted by molar-refractivity contribution is -0.197. The molecule has 10 rings (SSSR count). The quantitative estimate of drug-likeness (QED) is 0.0606. The predicted molar refractivity (Wildman–Crippen MR) is 308 cm³/mol. The number of carbonyl (C=O) groups excluding carboxylic acids is 6. The van der Waals surface area contributed by atoms with E-state index in [0.29, 0.717) is 101 Å². The molecule has 5 aliphatic heterocycles. The van der Waals surface area contributed by atoms with Crippen molar-refractivity contribution in [3.63, 3.8) is 0 Å². The Morgan fingerprint density at radius 2 is 1.35 bits per heavy atom. The summed E-state index contributed by atoms with van der Waals surface area (Å²) in [5.41, 5.74) is 6.72. The molecule has 1 fully saturated rings. The van der Waals surface area contributed by atoms with Crippen LogP contribution in [-0.4, -0.2) is 118 Å². The van der Waals surface area contributed by atoms with Crippen LogP contribution in [0.2, 0.25) is 0 Å². The van der Waals surface area contributed by atoms with Crippen molar-refractivity contribution in [1.29, 1.82) is 0 Å². The molecule has 5 aromatic carbocycles. The number of fused-ring (bicyclic) bond motifs is 8. The van der Waals surface area contributed by atoms with E-state index in [4.69, 9.17) is 38.3 Å². The van der Waals surface area contributed by atoms with Crippen LogP contribution in [-0.2, 0) is 59.4 Å². The average Bonchev–Trinajstić information content (AvgIpc) is 4.07. The molecule has 0 saturated carbocycles. The number of ether oxygens (including phenoxy) is 6. The first-order chi connectivity index (χ1) is 39.4. The van der Waals surface area contributed by atoms with Crippen molar-refractivity contribution in [2.75, 3.05) is 67.6 Å². The van der Waals surface area contributed by atoms with Gasteiger partial charge in [0.2, 0.25) is 5.91 Å². The van der Waals surface area contributed by atoms with Crippen molar-refractivity contribution >= 4 is 70.2 Å². The second kappa shape index (κ2) is 24.0. The Morgan fingerprint density at radius 1 is 0.695 bits per heavy atom. The summed E-state index contributed by atoms with van der Waals surface area (Å²) in [7, 11) is 4.70. The van der Waals surface area contributed by atoms with Gasteiger partial charge in [0.05, 0.1) is 73.2 Å². The molecule has 0 bridgehead atoms. The minimum absolute atomic E-state index is 0.00498. The van der Waals surface area contributed by atoms with Gasteiger partial charge in [0.25, 0.3) is 23.6 Å². The third-order valence-corrected chi connectivity index (χ3v) is 15.8. The van der Waals surface area contributed by atoms with Crippen LogP contribution in [0.4, 0.5) is 28.4 Å². The standard InChI is InChI=1S/C63H70N6O13/c1-62(2,78-7)23-26-81-63(3,4)22-20-56(70)66(24-12-17-59(73)82-69-57(71)18-19-58(69)72)43-28-39(21-25-79-54-34-48-46(32-52(54)76-5)60(74)67-44(36-64-48)30-41-13-8-10-15-50(41)67)27-40(29-43)38-80-55-35-49-47(33-53(55)77-6)61(75)68-45(37-65-49)31-42-14-9-11-16-51(42)68/h8-11,13-16,27-29,32-36,44-45,65H,12,17-26,30-31,37-38H2,1-7H3/t44-,45-/m0/s1. The Kier molecular flexibility index (Phi) is 16.7. The van der Waals surface area contributed by atoms with Crippen LogP contribution in [0.15, 0.2) is 96.0 Å². The van der Waals surface area contributed by atoms with E-state index in [1.54, 1.807) is 47.4 Å². The molecule has 0 spiro atoms. The second-order valence-electron chi connectivity index (χ2n) is 22.4. The van der Waals surface area contributed by atoms with Crippen LogP contribution < -0.4 is 39.0 Å². The molecule has 0 radical (unpaired) electrons. The molecule has 19 heteroatoms. The van der Waals surface area contributed by atoms with Gasteiger partial charge in [0.1, 0.15) is 6.61 Å². The highest BCUT2D eigenvalue weighted by molar-refractivity contribution is 6.15. The van der Waals surface area contributed by atoms with Crippen LogP contribution in [0.1, 0.15) is 116 Å². The van der Waals surface area contributed by atoms with Crippen LogP contribution in [0.3, 0.4) is 0 Å². The summed E-state index contributed by atoms with van der Waals surface area (Å²) < 4.78 is 36.7. The van der Waals surface area contributed by atoms with E-state index in [0.717, 1.165) is 34.5 Å². The number of anilines is 4. The van der Waals surface area contributed by atoms with E-state index >= 15 is 0 Å². The smallest absolute Gasteiger partial charge is 0.333 e. The lowest BCUT2D eigenvalue weighted by atomic mass is 10.0. The molecule has 5 aromatic rings. The van der Waals surface area contributed by atoms with Crippen molar-refractivity contribution in [2.24, 2.45) is 4.99 Å². The maximum Gasteiger partial charge on any atom is 0.333 e. The van der Waals surface area contributed by atoms with Crippen molar-refractivity contribution in [1.82, 2.24) is 5.06 Å². The normalized spacial score (nSPS) is 17.0.